The Morgan fingerprint density at radius 1 is 1.28 bits per heavy atom. The van der Waals surface area contributed by atoms with Gasteiger partial charge in [0.1, 0.15) is 6.54 Å². The second-order valence-corrected chi connectivity index (χ2v) is 6.71. The Morgan fingerprint density at radius 2 is 2.12 bits per heavy atom. The number of ether oxygens (including phenoxy) is 1. The first kappa shape index (κ1) is 16.1. The molecule has 0 spiro atoms. The van der Waals surface area contributed by atoms with Crippen LogP contribution in [0.4, 0.5) is 5.69 Å². The van der Waals surface area contributed by atoms with E-state index in [1.807, 2.05) is 17.3 Å². The molecular weight excluding hydrogens is 316 g/mol. The highest BCUT2D eigenvalue weighted by molar-refractivity contribution is 5.76. The molecule has 2 aliphatic rings. The average Bonchev–Trinajstić information content (AvgIpc) is 3.09. The molecule has 4 rings (SSSR count). The molecule has 1 aliphatic heterocycles. The summed E-state index contributed by atoms with van der Waals surface area (Å²) in [4.78, 5) is 14.2. The molecule has 25 heavy (non-hydrogen) atoms. The number of benzene rings is 1. The number of rotatable bonds is 4. The van der Waals surface area contributed by atoms with Crippen molar-refractivity contribution in [3.63, 3.8) is 0 Å². The molecule has 2 aromatic rings. The summed E-state index contributed by atoms with van der Waals surface area (Å²) in [6.45, 7) is 2.87. The molecule has 1 saturated heterocycles. The zero-order valence-corrected chi connectivity index (χ0v) is 14.4. The van der Waals surface area contributed by atoms with Crippen LogP contribution in [0.2, 0.25) is 0 Å². The van der Waals surface area contributed by atoms with Crippen LogP contribution in [0, 0.1) is 0 Å². The summed E-state index contributed by atoms with van der Waals surface area (Å²) in [7, 11) is 0. The zero-order valence-electron chi connectivity index (χ0n) is 14.4. The average molecular weight is 340 g/mol. The summed E-state index contributed by atoms with van der Waals surface area (Å²) in [5.74, 6) is 0.0981. The van der Waals surface area contributed by atoms with Crippen LogP contribution in [-0.2, 0) is 22.5 Å². The van der Waals surface area contributed by atoms with Gasteiger partial charge in [-0.2, -0.15) is 5.10 Å². The van der Waals surface area contributed by atoms with Gasteiger partial charge in [0, 0.05) is 19.3 Å². The van der Waals surface area contributed by atoms with Crippen molar-refractivity contribution in [2.75, 3.05) is 31.6 Å². The molecule has 1 amide bonds. The van der Waals surface area contributed by atoms with Gasteiger partial charge in [0.15, 0.2) is 0 Å². The number of fused-ring (bicyclic) bond motifs is 1. The van der Waals surface area contributed by atoms with E-state index in [-0.39, 0.29) is 12.5 Å². The van der Waals surface area contributed by atoms with E-state index in [0.717, 1.165) is 18.5 Å². The molecule has 0 bridgehead atoms. The Kier molecular flexibility index (Phi) is 4.70. The van der Waals surface area contributed by atoms with Crippen LogP contribution in [0.5, 0.6) is 0 Å². The molecule has 6 heteroatoms. The van der Waals surface area contributed by atoms with Gasteiger partial charge in [0.05, 0.1) is 31.1 Å². The summed E-state index contributed by atoms with van der Waals surface area (Å²) in [6, 6.07) is 8.95. The van der Waals surface area contributed by atoms with E-state index in [1.165, 1.54) is 17.5 Å². The molecule has 1 N–H and O–H groups in total. The maximum atomic E-state index is 12.3. The third-order valence-electron chi connectivity index (χ3n) is 5.00. The van der Waals surface area contributed by atoms with Crippen molar-refractivity contribution in [1.82, 2.24) is 14.7 Å². The molecule has 6 nitrogen and oxygen atoms in total. The maximum Gasteiger partial charge on any atom is 0.244 e. The lowest BCUT2D eigenvalue weighted by Gasteiger charge is -2.27. The van der Waals surface area contributed by atoms with Crippen molar-refractivity contribution >= 4 is 11.6 Å². The normalized spacial score (nSPS) is 20.2. The zero-order chi connectivity index (χ0) is 17.1. The van der Waals surface area contributed by atoms with E-state index < -0.39 is 0 Å². The van der Waals surface area contributed by atoms with Gasteiger partial charge >= 0.3 is 0 Å². The minimum atomic E-state index is 0.0981. The highest BCUT2D eigenvalue weighted by atomic mass is 16.5. The number of morpholine rings is 1. The molecule has 132 valence electrons. The van der Waals surface area contributed by atoms with Crippen molar-refractivity contribution in [2.24, 2.45) is 0 Å². The Morgan fingerprint density at radius 3 is 3.00 bits per heavy atom. The van der Waals surface area contributed by atoms with Crippen molar-refractivity contribution < 1.29 is 9.53 Å². The molecule has 1 fully saturated rings. The van der Waals surface area contributed by atoms with Gasteiger partial charge in [-0.1, -0.05) is 24.3 Å². The molecule has 1 atom stereocenters. The van der Waals surface area contributed by atoms with Crippen molar-refractivity contribution in [3.8, 4) is 0 Å². The Labute approximate surface area is 147 Å². The third kappa shape index (κ3) is 3.69. The van der Waals surface area contributed by atoms with E-state index in [1.54, 1.807) is 4.68 Å². The number of carbonyl (C=O) groups excluding carboxylic acids is 1. The number of carbonyl (C=O) groups is 1. The molecule has 1 aliphatic carbocycles. The van der Waals surface area contributed by atoms with Gasteiger partial charge in [-0.25, -0.2) is 0 Å². The lowest BCUT2D eigenvalue weighted by atomic mass is 9.88. The van der Waals surface area contributed by atoms with Gasteiger partial charge in [-0.05, 0) is 30.4 Å². The Hall–Kier alpha value is -2.34. The summed E-state index contributed by atoms with van der Waals surface area (Å²) >= 11 is 0. The van der Waals surface area contributed by atoms with E-state index in [2.05, 4.69) is 34.7 Å². The van der Waals surface area contributed by atoms with Crippen molar-refractivity contribution in [2.45, 2.75) is 31.8 Å². The van der Waals surface area contributed by atoms with Gasteiger partial charge < -0.3 is 15.0 Å². The maximum absolute atomic E-state index is 12.3. The SMILES string of the molecule is O=C(Cn1cc(NC2CCCc3ccccc32)cn1)N1CCOCC1. The largest absolute Gasteiger partial charge is 0.378 e. The highest BCUT2D eigenvalue weighted by Gasteiger charge is 2.21. The number of hydrogen-bond donors (Lipinski definition) is 1. The summed E-state index contributed by atoms with van der Waals surface area (Å²) < 4.78 is 7.01. The fourth-order valence-corrected chi connectivity index (χ4v) is 3.68. The smallest absolute Gasteiger partial charge is 0.244 e. The van der Waals surface area contributed by atoms with Gasteiger partial charge in [0.2, 0.25) is 5.91 Å². The van der Waals surface area contributed by atoms with E-state index >= 15 is 0 Å². The van der Waals surface area contributed by atoms with Crippen LogP contribution in [0.3, 0.4) is 0 Å². The number of nitrogens with one attached hydrogen (secondary N) is 1. The molecular formula is C19H24N4O2. The van der Waals surface area contributed by atoms with Gasteiger partial charge in [-0.3, -0.25) is 9.48 Å². The third-order valence-corrected chi connectivity index (χ3v) is 5.00. The Bertz CT molecular complexity index is 737. The summed E-state index contributed by atoms with van der Waals surface area (Å²) in [5.41, 5.74) is 3.78. The monoisotopic (exact) mass is 340 g/mol. The first-order chi connectivity index (χ1) is 12.3. The fraction of sp³-hybridized carbons (Fsp3) is 0.474. The molecule has 2 heterocycles. The summed E-state index contributed by atoms with van der Waals surface area (Å²) in [5, 5.41) is 7.93. The van der Waals surface area contributed by atoms with Crippen LogP contribution in [0.1, 0.15) is 30.0 Å². The van der Waals surface area contributed by atoms with Crippen LogP contribution < -0.4 is 5.32 Å². The second-order valence-electron chi connectivity index (χ2n) is 6.71. The first-order valence-electron chi connectivity index (χ1n) is 9.02. The number of aryl methyl sites for hydroxylation is 1. The standard InChI is InChI=1S/C19H24N4O2/c24-19(22-8-10-25-11-9-22)14-23-13-16(12-20-23)21-18-7-3-5-15-4-1-2-6-17(15)18/h1-2,4,6,12-13,18,21H,3,5,7-11,14H2. The quantitative estimate of drug-likeness (QED) is 0.927. The summed E-state index contributed by atoms with van der Waals surface area (Å²) in [6.07, 6.45) is 7.20. The molecule has 0 saturated carbocycles. The van der Waals surface area contributed by atoms with Crippen LogP contribution in [0.25, 0.3) is 0 Å². The van der Waals surface area contributed by atoms with E-state index in [4.69, 9.17) is 4.74 Å². The van der Waals surface area contributed by atoms with Crippen LogP contribution in [0.15, 0.2) is 36.7 Å². The molecule has 1 aromatic heterocycles. The number of anilines is 1. The lowest BCUT2D eigenvalue weighted by molar-refractivity contribution is -0.136. The number of hydrogen-bond acceptors (Lipinski definition) is 4. The van der Waals surface area contributed by atoms with Gasteiger partial charge in [-0.15, -0.1) is 0 Å². The highest BCUT2D eigenvalue weighted by Crippen LogP contribution is 2.32. The minimum Gasteiger partial charge on any atom is -0.378 e. The minimum absolute atomic E-state index is 0.0981. The molecule has 1 aromatic carbocycles. The molecule has 1 unspecified atom stereocenters. The van der Waals surface area contributed by atoms with Gasteiger partial charge in [0.25, 0.3) is 0 Å². The topological polar surface area (TPSA) is 59.4 Å². The molecule has 0 radical (unpaired) electrons. The van der Waals surface area contributed by atoms with Crippen LogP contribution >= 0.6 is 0 Å². The number of aromatic nitrogens is 2. The van der Waals surface area contributed by atoms with Crippen LogP contribution in [-0.4, -0.2) is 46.9 Å². The van der Waals surface area contributed by atoms with Crippen molar-refractivity contribution in [1.29, 1.82) is 0 Å². The van der Waals surface area contributed by atoms with E-state index in [9.17, 15) is 4.79 Å². The predicted octanol–water partition coefficient (Wildman–Crippen LogP) is 2.23. The second kappa shape index (κ2) is 7.27. The fourth-order valence-electron chi connectivity index (χ4n) is 3.68. The first-order valence-corrected chi connectivity index (χ1v) is 9.02. The van der Waals surface area contributed by atoms with Crippen molar-refractivity contribution in [3.05, 3.63) is 47.8 Å². The number of amides is 1. The Balaban J connectivity index is 1.39. The predicted molar refractivity (Wildman–Crippen MR) is 95.4 cm³/mol. The van der Waals surface area contributed by atoms with E-state index in [0.29, 0.717) is 32.3 Å². The number of nitrogens with zero attached hydrogens (tertiary/aromatic N) is 3. The lowest BCUT2D eigenvalue weighted by Crippen LogP contribution is -2.42.